The highest BCUT2D eigenvalue weighted by atomic mass is 32.2. The summed E-state index contributed by atoms with van der Waals surface area (Å²) in [6.45, 7) is -0.779. The summed E-state index contributed by atoms with van der Waals surface area (Å²) in [4.78, 5) is 0. The van der Waals surface area contributed by atoms with Crippen molar-refractivity contribution in [1.82, 2.24) is 0 Å². The lowest BCUT2D eigenvalue weighted by atomic mass is 10.9. The molecule has 0 heterocycles. The third kappa shape index (κ3) is 5.87. The van der Waals surface area contributed by atoms with Crippen LogP contribution in [0.3, 0.4) is 0 Å². The van der Waals surface area contributed by atoms with Gasteiger partial charge in [-0.2, -0.15) is 8.42 Å². The number of hydrogen-bond acceptors (Lipinski definition) is 2. The first kappa shape index (κ1) is 6.87. The van der Waals surface area contributed by atoms with E-state index in [1.807, 2.05) is 0 Å². The molecule has 0 aromatic carbocycles. The van der Waals surface area contributed by atoms with Crippen molar-refractivity contribution < 1.29 is 18.1 Å². The van der Waals surface area contributed by atoms with Crippen molar-refractivity contribution in [2.24, 2.45) is 0 Å². The molecular weight excluding hydrogens is 120 g/mol. The molecule has 0 saturated carbocycles. The van der Waals surface area contributed by atoms with Crippen molar-refractivity contribution in [2.45, 2.75) is 0 Å². The van der Waals surface area contributed by atoms with E-state index in [1.165, 1.54) is 0 Å². The van der Waals surface area contributed by atoms with Crippen LogP contribution in [0.15, 0.2) is 0 Å². The Kier molecular flexibility index (Phi) is 2.21. The van der Waals surface area contributed by atoms with E-state index < -0.39 is 22.5 Å². The Hall–Kier alpha value is -0.130. The van der Waals surface area contributed by atoms with Gasteiger partial charge in [-0.05, 0) is 0 Å². The summed E-state index contributed by atoms with van der Waals surface area (Å²) in [5.41, 5.74) is 0. The Morgan fingerprint density at radius 2 is 1.86 bits per heavy atom. The van der Waals surface area contributed by atoms with Crippen molar-refractivity contribution in [3.05, 3.63) is 0 Å². The summed E-state index contributed by atoms with van der Waals surface area (Å²) < 4.78 is 27.0. The van der Waals surface area contributed by atoms with Gasteiger partial charge in [0.05, 0.1) is 6.61 Å². The Balaban J connectivity index is 3.60. The van der Waals surface area contributed by atoms with Gasteiger partial charge in [-0.3, -0.25) is 4.55 Å². The molecule has 0 aliphatic heterocycles. The van der Waals surface area contributed by atoms with E-state index in [0.717, 1.165) is 0 Å². The lowest BCUT2D eigenvalue weighted by Crippen LogP contribution is -2.05. The van der Waals surface area contributed by atoms with Gasteiger partial charge in [0.15, 0.2) is 0 Å². The van der Waals surface area contributed by atoms with Gasteiger partial charge in [0, 0.05) is 0 Å². The van der Waals surface area contributed by atoms with Gasteiger partial charge < -0.3 is 0 Å². The molecule has 0 spiro atoms. The topological polar surface area (TPSA) is 74.3 Å². The third-order valence-corrected chi connectivity index (χ3v) is 1.02. The van der Waals surface area contributed by atoms with Crippen LogP contribution >= 0.6 is 0 Å². The van der Waals surface area contributed by atoms with Crippen LogP contribution in [0, 0.1) is 0 Å². The zero-order valence-electron chi connectivity index (χ0n) is 3.49. The average molecular weight is 125 g/mol. The van der Waals surface area contributed by atoms with E-state index >= 15 is 0 Å². The van der Waals surface area contributed by atoms with E-state index in [-0.39, 0.29) is 0 Å². The highest BCUT2D eigenvalue weighted by molar-refractivity contribution is 7.85. The maximum absolute atomic E-state index is 9.59. The summed E-state index contributed by atoms with van der Waals surface area (Å²) in [6, 6.07) is 0. The fourth-order valence-corrected chi connectivity index (χ4v) is 0.316. The Bertz CT molecular complexity index is 123. The molecule has 7 heavy (non-hydrogen) atoms. The van der Waals surface area contributed by atoms with Crippen molar-refractivity contribution in [3.8, 4) is 0 Å². The van der Waals surface area contributed by atoms with Gasteiger partial charge in [-0.15, -0.1) is 0 Å². The van der Waals surface area contributed by atoms with Crippen LogP contribution in [0.2, 0.25) is 0 Å². The van der Waals surface area contributed by atoms with Crippen LogP contribution in [0.1, 0.15) is 0 Å². The quantitative estimate of drug-likeness (QED) is 0.496. The van der Waals surface area contributed by atoms with Crippen LogP contribution < -0.4 is 0 Å². The normalized spacial score (nSPS) is 11.7. The molecule has 4 nitrogen and oxygen atoms in total. The molecule has 0 aliphatic carbocycles. The van der Waals surface area contributed by atoms with Crippen LogP contribution in [0.5, 0.6) is 0 Å². The lowest BCUT2D eigenvalue weighted by molar-refractivity contribution is 0.211. The van der Waals surface area contributed by atoms with Gasteiger partial charge in [-0.25, -0.2) is 5.11 Å². The van der Waals surface area contributed by atoms with E-state index in [1.54, 1.807) is 0 Å². The number of hydrogen-bond donors (Lipinski definition) is 1. The first-order chi connectivity index (χ1) is 3.06. The monoisotopic (exact) mass is 125 g/mol. The van der Waals surface area contributed by atoms with E-state index in [9.17, 15) is 13.5 Å². The third-order valence-electron chi connectivity index (χ3n) is 0.341. The van der Waals surface area contributed by atoms with E-state index in [2.05, 4.69) is 0 Å². The summed E-state index contributed by atoms with van der Waals surface area (Å²) in [5.74, 6) is -0.688. The molecule has 1 N–H and O–H groups in total. The minimum Gasteiger partial charge on any atom is -0.285 e. The van der Waals surface area contributed by atoms with Crippen molar-refractivity contribution in [3.63, 3.8) is 0 Å². The lowest BCUT2D eigenvalue weighted by Gasteiger charge is -1.84. The maximum atomic E-state index is 9.59. The standard InChI is InChI=1S/C2H5O4S/c3-1-2-7(4,5)6/h1-2H2,(H,4,5,6). The van der Waals surface area contributed by atoms with Crippen LogP contribution in [-0.2, 0) is 15.2 Å². The minimum absolute atomic E-state index is 0.688. The highest BCUT2D eigenvalue weighted by Crippen LogP contribution is 1.76. The van der Waals surface area contributed by atoms with Crippen LogP contribution in [-0.4, -0.2) is 25.3 Å². The number of rotatable bonds is 2. The molecule has 0 aromatic rings. The molecule has 0 fully saturated rings. The molecule has 0 bridgehead atoms. The van der Waals surface area contributed by atoms with Crippen molar-refractivity contribution in [2.75, 3.05) is 12.4 Å². The summed E-state index contributed by atoms with van der Waals surface area (Å²) in [7, 11) is -3.99. The predicted molar refractivity (Wildman–Crippen MR) is 22.0 cm³/mol. The molecule has 43 valence electrons. The molecular formula is C2H5O4S. The second kappa shape index (κ2) is 2.25. The first-order valence-corrected chi connectivity index (χ1v) is 3.20. The smallest absolute Gasteiger partial charge is 0.267 e. The minimum atomic E-state index is -3.99. The molecule has 1 radical (unpaired) electrons. The zero-order chi connectivity index (χ0) is 5.91. The SMILES string of the molecule is [O]CCS(=O)(=O)O. The van der Waals surface area contributed by atoms with E-state index in [0.29, 0.717) is 0 Å². The molecule has 0 rings (SSSR count). The molecule has 0 unspecified atom stereocenters. The van der Waals surface area contributed by atoms with Gasteiger partial charge in [0.25, 0.3) is 10.1 Å². The van der Waals surface area contributed by atoms with Gasteiger partial charge in [0.1, 0.15) is 5.75 Å². The largest absolute Gasteiger partial charge is 0.285 e. The summed E-state index contributed by atoms with van der Waals surface area (Å²) in [6.07, 6.45) is 0. The maximum Gasteiger partial charge on any atom is 0.267 e. The fourth-order valence-electron chi connectivity index (χ4n) is 0.105. The molecule has 0 amide bonds. The molecule has 0 aromatic heterocycles. The second-order valence-electron chi connectivity index (χ2n) is 0.990. The molecule has 0 saturated heterocycles. The van der Waals surface area contributed by atoms with Gasteiger partial charge in [-0.1, -0.05) is 0 Å². The summed E-state index contributed by atoms with van der Waals surface area (Å²) in [5, 5.41) is 9.41. The highest BCUT2D eigenvalue weighted by Gasteiger charge is 2.00. The Morgan fingerprint density at radius 3 is 1.86 bits per heavy atom. The average Bonchev–Trinajstić information content (AvgIpc) is 1.30. The van der Waals surface area contributed by atoms with Crippen LogP contribution in [0.4, 0.5) is 0 Å². The van der Waals surface area contributed by atoms with Crippen molar-refractivity contribution >= 4 is 10.1 Å². The molecule has 0 atom stereocenters. The summed E-state index contributed by atoms with van der Waals surface area (Å²) >= 11 is 0. The molecule has 5 heteroatoms. The first-order valence-electron chi connectivity index (χ1n) is 1.59. The van der Waals surface area contributed by atoms with Gasteiger partial charge in [0.2, 0.25) is 0 Å². The fraction of sp³-hybridized carbons (Fsp3) is 1.00. The Labute approximate surface area is 41.5 Å². The van der Waals surface area contributed by atoms with Crippen molar-refractivity contribution in [1.29, 1.82) is 0 Å². The Morgan fingerprint density at radius 1 is 1.43 bits per heavy atom. The van der Waals surface area contributed by atoms with Gasteiger partial charge >= 0.3 is 0 Å². The predicted octanol–water partition coefficient (Wildman–Crippen LogP) is -0.695. The van der Waals surface area contributed by atoms with E-state index in [4.69, 9.17) is 4.55 Å². The second-order valence-corrected chi connectivity index (χ2v) is 2.56. The van der Waals surface area contributed by atoms with Crippen LogP contribution in [0.25, 0.3) is 0 Å². The zero-order valence-corrected chi connectivity index (χ0v) is 4.31. The molecule has 0 aliphatic rings.